The van der Waals surface area contributed by atoms with Crippen molar-refractivity contribution in [2.24, 2.45) is 4.40 Å². The molecule has 0 heterocycles. The zero-order chi connectivity index (χ0) is 17.5. The number of hydrogen-bond acceptors (Lipinski definition) is 3. The summed E-state index contributed by atoms with van der Waals surface area (Å²) in [6.07, 6.45) is 0. The van der Waals surface area contributed by atoms with Crippen LogP contribution in [0.2, 0.25) is 5.02 Å². The van der Waals surface area contributed by atoms with Gasteiger partial charge in [-0.3, -0.25) is 4.79 Å². The van der Waals surface area contributed by atoms with Crippen LogP contribution in [0.15, 0.2) is 67.9 Å². The lowest BCUT2D eigenvalue weighted by Gasteiger charge is -2.17. The van der Waals surface area contributed by atoms with Gasteiger partial charge in [-0.1, -0.05) is 59.1 Å². The first-order valence-corrected chi connectivity index (χ1v) is 9.19. The van der Waals surface area contributed by atoms with Gasteiger partial charge in [0.15, 0.2) is 0 Å². The van der Waals surface area contributed by atoms with Crippen molar-refractivity contribution >= 4 is 56.3 Å². The molecule has 4 nitrogen and oxygen atoms in total. The molecule has 0 saturated heterocycles. The third-order valence-electron chi connectivity index (χ3n) is 3.35. The molecule has 0 saturated carbocycles. The van der Waals surface area contributed by atoms with Crippen LogP contribution < -0.4 is 0 Å². The maximum absolute atomic E-state index is 12.5. The van der Waals surface area contributed by atoms with E-state index in [1.807, 2.05) is 0 Å². The van der Waals surface area contributed by atoms with E-state index < -0.39 is 15.8 Å². The van der Waals surface area contributed by atoms with Gasteiger partial charge in [-0.25, -0.2) is 0 Å². The Morgan fingerprint density at radius 1 is 0.792 bits per heavy atom. The fraction of sp³-hybridized carbons (Fsp3) is 0. The molecule has 8 heteroatoms. The number of nitrogens with zero attached hydrogens (tertiary/aromatic N) is 1. The third kappa shape index (κ3) is 3.00. The second-order valence-electron chi connectivity index (χ2n) is 4.87. The number of carbonyl (C=O) groups is 1. The Labute approximate surface area is 153 Å². The zero-order valence-corrected chi connectivity index (χ0v) is 14.9. The van der Waals surface area contributed by atoms with Crippen LogP contribution in [0.4, 0.5) is 0 Å². The van der Waals surface area contributed by atoms with Crippen LogP contribution >= 0.6 is 34.8 Å². The molecule has 0 fully saturated rings. The van der Waals surface area contributed by atoms with E-state index in [1.54, 1.807) is 18.2 Å². The van der Waals surface area contributed by atoms with E-state index in [1.165, 1.54) is 30.3 Å². The average molecular weight is 401 g/mol. The lowest BCUT2D eigenvalue weighted by atomic mass is 9.94. The van der Waals surface area contributed by atoms with Gasteiger partial charge in [0.25, 0.3) is 10.0 Å². The topological polar surface area (TPSA) is 63.6 Å². The molecule has 122 valence electrons. The van der Waals surface area contributed by atoms with Crippen molar-refractivity contribution in [2.75, 3.05) is 0 Å². The van der Waals surface area contributed by atoms with Crippen molar-refractivity contribution in [3.63, 3.8) is 0 Å². The molecule has 0 spiro atoms. The summed E-state index contributed by atoms with van der Waals surface area (Å²) < 4.78 is 28.8. The lowest BCUT2D eigenvalue weighted by Crippen LogP contribution is -2.19. The van der Waals surface area contributed by atoms with Crippen LogP contribution in [-0.2, 0) is 10.0 Å². The SMILES string of the molecule is O=C1C(Cl)=C(Cl)/C(=N\S(=O)(=O)c2ccc(Cl)cc2)c2ccccc21. The average Bonchev–Trinajstić information content (AvgIpc) is 2.57. The number of benzene rings is 2. The molecule has 0 aliphatic heterocycles. The summed E-state index contributed by atoms with van der Waals surface area (Å²) in [5, 5.41) is -0.0606. The van der Waals surface area contributed by atoms with Crippen LogP contribution in [-0.4, -0.2) is 19.9 Å². The largest absolute Gasteiger partial charge is 0.288 e. The molecule has 0 unspecified atom stereocenters. The fourth-order valence-electron chi connectivity index (χ4n) is 2.20. The number of hydrogen-bond donors (Lipinski definition) is 0. The van der Waals surface area contributed by atoms with Gasteiger partial charge in [0.2, 0.25) is 5.78 Å². The molecule has 1 aliphatic rings. The highest BCUT2D eigenvalue weighted by molar-refractivity contribution is 7.90. The molecule has 0 N–H and O–H groups in total. The van der Waals surface area contributed by atoms with E-state index in [2.05, 4.69) is 4.40 Å². The molecule has 1 aliphatic carbocycles. The van der Waals surface area contributed by atoms with Crippen LogP contribution in [0, 0.1) is 0 Å². The second-order valence-corrected chi connectivity index (χ2v) is 7.67. The number of halogens is 3. The maximum atomic E-state index is 12.5. The number of allylic oxidation sites excluding steroid dienone is 2. The number of sulfonamides is 1. The highest BCUT2D eigenvalue weighted by atomic mass is 35.5. The van der Waals surface area contributed by atoms with Crippen molar-refractivity contribution in [3.8, 4) is 0 Å². The summed E-state index contributed by atoms with van der Waals surface area (Å²) in [7, 11) is -4.05. The minimum Gasteiger partial charge on any atom is -0.288 e. The van der Waals surface area contributed by atoms with E-state index in [4.69, 9.17) is 34.8 Å². The molecule has 0 atom stereocenters. The van der Waals surface area contributed by atoms with Crippen LogP contribution in [0.1, 0.15) is 15.9 Å². The minimum absolute atomic E-state index is 0.0469. The maximum Gasteiger partial charge on any atom is 0.282 e. The first-order chi connectivity index (χ1) is 11.3. The predicted octanol–water partition coefficient (Wildman–Crippen LogP) is 4.40. The summed E-state index contributed by atoms with van der Waals surface area (Å²) in [5.74, 6) is -0.472. The fourth-order valence-corrected chi connectivity index (χ4v) is 3.81. The first kappa shape index (κ1) is 17.2. The highest BCUT2D eigenvalue weighted by Crippen LogP contribution is 2.32. The van der Waals surface area contributed by atoms with Crippen molar-refractivity contribution in [1.82, 2.24) is 0 Å². The Kier molecular flexibility index (Phi) is 4.53. The molecular formula is C16H8Cl3NO3S. The summed E-state index contributed by atoms with van der Waals surface area (Å²) >= 11 is 17.8. The number of fused-ring (bicyclic) bond motifs is 1. The normalized spacial score (nSPS) is 16.5. The summed E-state index contributed by atoms with van der Waals surface area (Å²) in [6.45, 7) is 0. The number of Topliss-reactive ketones (excluding diaryl/α,β-unsaturated/α-hetero) is 1. The number of carbonyl (C=O) groups excluding carboxylic acids is 1. The predicted molar refractivity (Wildman–Crippen MR) is 94.7 cm³/mol. The Hall–Kier alpha value is -1.66. The molecule has 2 aromatic rings. The molecule has 0 bridgehead atoms. The molecule has 0 aromatic heterocycles. The summed E-state index contributed by atoms with van der Waals surface area (Å²) in [6, 6.07) is 11.9. The quantitative estimate of drug-likeness (QED) is 0.750. The second kappa shape index (κ2) is 6.33. The van der Waals surface area contributed by atoms with E-state index in [-0.39, 0.29) is 26.2 Å². The Bertz CT molecular complexity index is 1010. The summed E-state index contributed by atoms with van der Waals surface area (Å²) in [5.41, 5.74) is 0.498. The molecule has 3 rings (SSSR count). The molecule has 0 amide bonds. The van der Waals surface area contributed by atoms with Gasteiger partial charge < -0.3 is 0 Å². The summed E-state index contributed by atoms with van der Waals surface area (Å²) in [4.78, 5) is 12.1. The Balaban J connectivity index is 2.21. The number of ketones is 1. The van der Waals surface area contributed by atoms with Crippen molar-refractivity contribution in [3.05, 3.63) is 74.7 Å². The molecule has 0 radical (unpaired) electrons. The van der Waals surface area contributed by atoms with Gasteiger partial charge >= 0.3 is 0 Å². The van der Waals surface area contributed by atoms with Gasteiger partial charge in [0.1, 0.15) is 10.7 Å². The number of rotatable bonds is 2. The van der Waals surface area contributed by atoms with Crippen molar-refractivity contribution in [2.45, 2.75) is 4.90 Å². The smallest absolute Gasteiger partial charge is 0.282 e. The molecule has 2 aromatic carbocycles. The van der Waals surface area contributed by atoms with E-state index in [0.29, 0.717) is 10.6 Å². The monoisotopic (exact) mass is 399 g/mol. The molecular weight excluding hydrogens is 393 g/mol. The Morgan fingerprint density at radius 3 is 2.00 bits per heavy atom. The van der Waals surface area contributed by atoms with Gasteiger partial charge in [-0.05, 0) is 24.3 Å². The Morgan fingerprint density at radius 2 is 1.38 bits per heavy atom. The molecule has 24 heavy (non-hydrogen) atoms. The standard InChI is InChI=1S/C16H8Cl3NO3S/c17-9-5-7-10(8-6-9)24(22,23)20-15-11-3-1-2-4-12(11)16(21)14(19)13(15)18/h1-8H/b20-15-. The van der Waals surface area contributed by atoms with E-state index >= 15 is 0 Å². The minimum atomic E-state index is -4.05. The van der Waals surface area contributed by atoms with Crippen LogP contribution in [0.5, 0.6) is 0 Å². The van der Waals surface area contributed by atoms with E-state index in [9.17, 15) is 13.2 Å². The van der Waals surface area contributed by atoms with Crippen molar-refractivity contribution in [1.29, 1.82) is 0 Å². The van der Waals surface area contributed by atoms with Crippen LogP contribution in [0.3, 0.4) is 0 Å². The van der Waals surface area contributed by atoms with Gasteiger partial charge in [0, 0.05) is 16.1 Å². The van der Waals surface area contributed by atoms with Crippen molar-refractivity contribution < 1.29 is 13.2 Å². The van der Waals surface area contributed by atoms with Gasteiger partial charge in [-0.2, -0.15) is 12.8 Å². The van der Waals surface area contributed by atoms with Crippen LogP contribution in [0.25, 0.3) is 0 Å². The first-order valence-electron chi connectivity index (χ1n) is 6.61. The van der Waals surface area contributed by atoms with Gasteiger partial charge in [-0.15, -0.1) is 0 Å². The highest BCUT2D eigenvalue weighted by Gasteiger charge is 2.30. The van der Waals surface area contributed by atoms with E-state index in [0.717, 1.165) is 0 Å². The van der Waals surface area contributed by atoms with Gasteiger partial charge in [0.05, 0.1) is 9.93 Å². The zero-order valence-electron chi connectivity index (χ0n) is 11.8. The lowest BCUT2D eigenvalue weighted by molar-refractivity contribution is 0.104. The third-order valence-corrected chi connectivity index (χ3v) is 5.72.